The number of carboxylic acid groups (broad SMARTS) is 1. The minimum Gasteiger partial charge on any atom is -0.478 e. The molecular weight excluding hydrogens is 252 g/mol. The van der Waals surface area contributed by atoms with Gasteiger partial charge < -0.3 is 9.67 Å². The lowest BCUT2D eigenvalue weighted by Gasteiger charge is -2.20. The van der Waals surface area contributed by atoms with Gasteiger partial charge in [0.1, 0.15) is 5.82 Å². The summed E-state index contributed by atoms with van der Waals surface area (Å²) in [5.74, 6) is 0.116. The lowest BCUT2D eigenvalue weighted by atomic mass is 9.92. The maximum Gasteiger partial charge on any atom is 0.335 e. The second-order valence-electron chi connectivity index (χ2n) is 6.74. The Kier molecular flexibility index (Phi) is 3.59. The molecule has 108 valence electrons. The van der Waals surface area contributed by atoms with Crippen molar-refractivity contribution in [1.82, 2.24) is 9.55 Å². The lowest BCUT2D eigenvalue weighted by molar-refractivity contribution is 0.0697. The maximum atomic E-state index is 11.1. The van der Waals surface area contributed by atoms with Gasteiger partial charge in [-0.05, 0) is 37.5 Å². The fourth-order valence-corrected chi connectivity index (χ4v) is 2.45. The van der Waals surface area contributed by atoms with Crippen LogP contribution in [0.25, 0.3) is 11.0 Å². The molecule has 1 N–H and O–H groups in total. The normalized spacial score (nSPS) is 12.3. The molecule has 0 atom stereocenters. The fourth-order valence-electron chi connectivity index (χ4n) is 2.45. The van der Waals surface area contributed by atoms with E-state index in [1.54, 1.807) is 18.2 Å². The van der Waals surface area contributed by atoms with Gasteiger partial charge >= 0.3 is 5.97 Å². The third-order valence-corrected chi connectivity index (χ3v) is 3.21. The van der Waals surface area contributed by atoms with Gasteiger partial charge in [-0.1, -0.05) is 20.8 Å². The van der Waals surface area contributed by atoms with E-state index in [9.17, 15) is 4.79 Å². The summed E-state index contributed by atoms with van der Waals surface area (Å²) in [4.78, 5) is 15.8. The quantitative estimate of drug-likeness (QED) is 0.923. The van der Waals surface area contributed by atoms with Crippen molar-refractivity contribution >= 4 is 17.0 Å². The minimum atomic E-state index is -0.902. The van der Waals surface area contributed by atoms with Gasteiger partial charge in [0.05, 0.1) is 16.6 Å². The van der Waals surface area contributed by atoms with Crippen LogP contribution in [0.15, 0.2) is 18.2 Å². The number of carbonyl (C=O) groups is 1. The molecule has 2 rings (SSSR count). The zero-order valence-corrected chi connectivity index (χ0v) is 12.8. The summed E-state index contributed by atoms with van der Waals surface area (Å²) in [5.41, 5.74) is 2.22. The summed E-state index contributed by atoms with van der Waals surface area (Å²) in [5, 5.41) is 9.14. The zero-order valence-electron chi connectivity index (χ0n) is 12.8. The molecule has 0 aliphatic carbocycles. The highest BCUT2D eigenvalue weighted by atomic mass is 16.4. The number of carboxylic acids is 1. The number of rotatable bonds is 3. The van der Waals surface area contributed by atoms with Crippen molar-refractivity contribution in [2.45, 2.75) is 47.1 Å². The van der Waals surface area contributed by atoms with E-state index >= 15 is 0 Å². The molecule has 4 heteroatoms. The minimum absolute atomic E-state index is 0.143. The first-order valence-corrected chi connectivity index (χ1v) is 6.93. The number of aromatic carboxylic acids is 1. The predicted molar refractivity (Wildman–Crippen MR) is 80.2 cm³/mol. The number of imidazole rings is 1. The van der Waals surface area contributed by atoms with E-state index in [2.05, 4.69) is 44.2 Å². The zero-order chi connectivity index (χ0) is 15.1. The van der Waals surface area contributed by atoms with Gasteiger partial charge in [-0.2, -0.15) is 0 Å². The van der Waals surface area contributed by atoms with E-state index in [1.165, 1.54) is 0 Å². The summed E-state index contributed by atoms with van der Waals surface area (Å²) in [7, 11) is 0. The van der Waals surface area contributed by atoms with Crippen molar-refractivity contribution in [2.24, 2.45) is 5.41 Å². The molecule has 0 fully saturated rings. The Bertz CT molecular complexity index is 648. The van der Waals surface area contributed by atoms with Crippen molar-refractivity contribution < 1.29 is 9.90 Å². The predicted octanol–water partition coefficient (Wildman–Crippen LogP) is 3.90. The van der Waals surface area contributed by atoms with Gasteiger partial charge in [0.25, 0.3) is 0 Å². The fraction of sp³-hybridized carbons (Fsp3) is 0.500. The van der Waals surface area contributed by atoms with Crippen LogP contribution >= 0.6 is 0 Å². The number of hydrogen-bond acceptors (Lipinski definition) is 2. The van der Waals surface area contributed by atoms with Crippen LogP contribution in [-0.2, 0) is 6.42 Å². The number of nitrogens with zero attached hydrogens (tertiary/aromatic N) is 2. The monoisotopic (exact) mass is 274 g/mol. The van der Waals surface area contributed by atoms with E-state index in [4.69, 9.17) is 5.11 Å². The number of fused-ring (bicyclic) bond motifs is 1. The molecule has 2 aromatic rings. The molecule has 1 aromatic heterocycles. The second-order valence-corrected chi connectivity index (χ2v) is 6.74. The van der Waals surface area contributed by atoms with Crippen molar-refractivity contribution in [3.8, 4) is 0 Å². The highest BCUT2D eigenvalue weighted by molar-refractivity contribution is 5.92. The van der Waals surface area contributed by atoms with Gasteiger partial charge in [-0.15, -0.1) is 0 Å². The van der Waals surface area contributed by atoms with Crippen LogP contribution in [0.2, 0.25) is 0 Å². The number of hydrogen-bond donors (Lipinski definition) is 1. The summed E-state index contributed by atoms with van der Waals surface area (Å²) < 4.78 is 2.15. The molecule has 20 heavy (non-hydrogen) atoms. The molecule has 0 amide bonds. The van der Waals surface area contributed by atoms with E-state index in [0.717, 1.165) is 23.3 Å². The van der Waals surface area contributed by atoms with Crippen molar-refractivity contribution in [2.75, 3.05) is 0 Å². The maximum absolute atomic E-state index is 11.1. The molecule has 0 spiro atoms. The highest BCUT2D eigenvalue weighted by Crippen LogP contribution is 2.27. The third kappa shape index (κ3) is 2.84. The molecule has 1 heterocycles. The smallest absolute Gasteiger partial charge is 0.335 e. The molecular formula is C16H22N2O2. The van der Waals surface area contributed by atoms with Crippen molar-refractivity contribution in [3.63, 3.8) is 0 Å². The topological polar surface area (TPSA) is 55.1 Å². The van der Waals surface area contributed by atoms with Crippen LogP contribution in [-0.4, -0.2) is 20.6 Å². The van der Waals surface area contributed by atoms with Crippen LogP contribution in [0, 0.1) is 5.41 Å². The molecule has 0 saturated heterocycles. The first-order chi connectivity index (χ1) is 9.19. The van der Waals surface area contributed by atoms with Crippen LogP contribution in [0.4, 0.5) is 0 Å². The second kappa shape index (κ2) is 4.93. The standard InChI is InChI=1S/C16H22N2O2/c1-10(2)18-13-8-11(15(19)20)6-7-12(13)17-14(18)9-16(3,4)5/h6-8,10H,9H2,1-5H3,(H,19,20). The number of aromatic nitrogens is 2. The number of benzene rings is 1. The van der Waals surface area contributed by atoms with E-state index < -0.39 is 5.97 Å². The molecule has 0 unspecified atom stereocenters. The SMILES string of the molecule is CC(C)n1c(CC(C)(C)C)nc2ccc(C(=O)O)cc21. The van der Waals surface area contributed by atoms with Crippen LogP contribution in [0.5, 0.6) is 0 Å². The van der Waals surface area contributed by atoms with Crippen LogP contribution in [0.3, 0.4) is 0 Å². The molecule has 0 aliphatic rings. The van der Waals surface area contributed by atoms with Gasteiger partial charge in [0, 0.05) is 12.5 Å². The van der Waals surface area contributed by atoms with E-state index in [0.29, 0.717) is 5.56 Å². The van der Waals surface area contributed by atoms with Crippen molar-refractivity contribution in [3.05, 3.63) is 29.6 Å². The average molecular weight is 274 g/mol. The summed E-state index contributed by atoms with van der Waals surface area (Å²) in [6, 6.07) is 5.38. The largest absolute Gasteiger partial charge is 0.478 e. The van der Waals surface area contributed by atoms with E-state index in [-0.39, 0.29) is 11.5 Å². The molecule has 0 bridgehead atoms. The Morgan fingerprint density at radius 3 is 2.50 bits per heavy atom. The molecule has 0 radical (unpaired) electrons. The summed E-state index contributed by atoms with van der Waals surface area (Å²) in [6.07, 6.45) is 0.863. The van der Waals surface area contributed by atoms with Gasteiger partial charge in [0.15, 0.2) is 0 Å². The highest BCUT2D eigenvalue weighted by Gasteiger charge is 2.20. The van der Waals surface area contributed by atoms with Gasteiger partial charge in [0.2, 0.25) is 0 Å². The van der Waals surface area contributed by atoms with Gasteiger partial charge in [-0.3, -0.25) is 0 Å². The average Bonchev–Trinajstić information content (AvgIpc) is 2.62. The molecule has 0 saturated carbocycles. The van der Waals surface area contributed by atoms with Gasteiger partial charge in [-0.25, -0.2) is 9.78 Å². The Morgan fingerprint density at radius 2 is 2.00 bits per heavy atom. The Balaban J connectivity index is 2.64. The molecule has 4 nitrogen and oxygen atoms in total. The first-order valence-electron chi connectivity index (χ1n) is 6.93. The van der Waals surface area contributed by atoms with Crippen molar-refractivity contribution in [1.29, 1.82) is 0 Å². The molecule has 1 aromatic carbocycles. The Hall–Kier alpha value is -1.84. The van der Waals surface area contributed by atoms with E-state index in [1.807, 2.05) is 0 Å². The Labute approximate surface area is 119 Å². The first kappa shape index (κ1) is 14.6. The molecule has 0 aliphatic heterocycles. The summed E-state index contributed by atoms with van der Waals surface area (Å²) >= 11 is 0. The third-order valence-electron chi connectivity index (χ3n) is 3.21. The Morgan fingerprint density at radius 1 is 1.35 bits per heavy atom. The lowest BCUT2D eigenvalue weighted by Crippen LogP contribution is -2.15. The van der Waals surface area contributed by atoms with Crippen LogP contribution < -0.4 is 0 Å². The summed E-state index contributed by atoms with van der Waals surface area (Å²) in [6.45, 7) is 10.7. The van der Waals surface area contributed by atoms with Crippen LogP contribution in [0.1, 0.15) is 56.8 Å².